The highest BCUT2D eigenvalue weighted by Crippen LogP contribution is 2.18. The first-order valence-corrected chi connectivity index (χ1v) is 8.80. The highest BCUT2D eigenvalue weighted by molar-refractivity contribution is 5.89. The Morgan fingerprint density at radius 1 is 1.16 bits per heavy atom. The van der Waals surface area contributed by atoms with Gasteiger partial charge in [-0.15, -0.1) is 0 Å². The Hall–Kier alpha value is -2.08. The summed E-state index contributed by atoms with van der Waals surface area (Å²) < 4.78 is 4.72. The van der Waals surface area contributed by atoms with Crippen LogP contribution in [-0.2, 0) is 11.3 Å². The number of benzene rings is 1. The molecule has 0 aliphatic carbocycles. The van der Waals surface area contributed by atoms with Gasteiger partial charge in [-0.25, -0.2) is 9.59 Å². The predicted octanol–water partition coefficient (Wildman–Crippen LogP) is 2.49. The number of urea groups is 1. The van der Waals surface area contributed by atoms with Gasteiger partial charge in [0.2, 0.25) is 0 Å². The molecular formula is C19H29N3O3. The molecule has 1 aromatic rings. The molecule has 6 heteroatoms. The van der Waals surface area contributed by atoms with Gasteiger partial charge in [0.25, 0.3) is 0 Å². The van der Waals surface area contributed by atoms with Crippen molar-refractivity contribution in [3.63, 3.8) is 0 Å². The Kier molecular flexibility index (Phi) is 6.42. The average Bonchev–Trinajstić information content (AvgIpc) is 2.53. The van der Waals surface area contributed by atoms with Crippen molar-refractivity contribution in [1.29, 1.82) is 0 Å². The van der Waals surface area contributed by atoms with Gasteiger partial charge < -0.3 is 15.0 Å². The molecule has 0 spiro atoms. The van der Waals surface area contributed by atoms with Crippen LogP contribution in [0.3, 0.4) is 0 Å². The Morgan fingerprint density at radius 3 is 2.20 bits per heavy atom. The molecule has 1 N–H and O–H groups in total. The molecule has 0 aromatic heterocycles. The van der Waals surface area contributed by atoms with Crippen molar-refractivity contribution >= 4 is 12.0 Å². The fourth-order valence-electron chi connectivity index (χ4n) is 3.41. The van der Waals surface area contributed by atoms with Gasteiger partial charge in [0.05, 0.1) is 12.7 Å². The fourth-order valence-corrected chi connectivity index (χ4v) is 3.41. The summed E-state index contributed by atoms with van der Waals surface area (Å²) in [5.41, 5.74) is 1.70. The molecule has 138 valence electrons. The van der Waals surface area contributed by atoms with E-state index in [1.807, 2.05) is 30.9 Å². The van der Waals surface area contributed by atoms with Crippen LogP contribution in [0, 0.1) is 0 Å². The van der Waals surface area contributed by atoms with Crippen LogP contribution in [0.4, 0.5) is 4.79 Å². The first kappa shape index (κ1) is 19.2. The predicted molar refractivity (Wildman–Crippen MR) is 97.5 cm³/mol. The fraction of sp³-hybridized carbons (Fsp3) is 0.579. The molecule has 1 fully saturated rings. The average molecular weight is 347 g/mol. The molecule has 25 heavy (non-hydrogen) atoms. The van der Waals surface area contributed by atoms with Gasteiger partial charge >= 0.3 is 12.0 Å². The van der Waals surface area contributed by atoms with Crippen molar-refractivity contribution in [2.75, 3.05) is 20.2 Å². The van der Waals surface area contributed by atoms with E-state index in [0.717, 1.165) is 25.2 Å². The molecule has 0 bridgehead atoms. The summed E-state index contributed by atoms with van der Waals surface area (Å²) in [5.74, 6) is -0.321. The highest BCUT2D eigenvalue weighted by atomic mass is 16.5. The van der Waals surface area contributed by atoms with Gasteiger partial charge in [-0.2, -0.15) is 0 Å². The van der Waals surface area contributed by atoms with Crippen molar-refractivity contribution in [3.8, 4) is 0 Å². The number of hydrogen-bond donors (Lipinski definition) is 1. The molecule has 6 nitrogen and oxygen atoms in total. The van der Waals surface area contributed by atoms with Crippen molar-refractivity contribution in [2.45, 2.75) is 52.4 Å². The van der Waals surface area contributed by atoms with E-state index in [1.54, 1.807) is 12.1 Å². The standard InChI is InChI=1S/C19H29N3O3/c1-13(2)20-19(24)22-14(3)10-21(11-15(22)4)12-16-6-8-17(9-7-16)18(23)25-5/h6-9,13-15H,10-12H2,1-5H3,(H,20,24)/t14-,15+. The van der Waals surface area contributed by atoms with E-state index in [4.69, 9.17) is 4.74 Å². The lowest BCUT2D eigenvalue weighted by molar-refractivity contribution is 0.0593. The zero-order valence-corrected chi connectivity index (χ0v) is 15.8. The molecule has 0 unspecified atom stereocenters. The molecule has 1 aromatic carbocycles. The number of hydrogen-bond acceptors (Lipinski definition) is 4. The van der Waals surface area contributed by atoms with E-state index in [2.05, 4.69) is 24.1 Å². The molecule has 1 heterocycles. The number of carbonyl (C=O) groups is 2. The van der Waals surface area contributed by atoms with Crippen LogP contribution < -0.4 is 5.32 Å². The van der Waals surface area contributed by atoms with Crippen LogP contribution in [0.2, 0.25) is 0 Å². The molecule has 1 aliphatic rings. The second-order valence-corrected chi connectivity index (χ2v) is 7.09. The third-order valence-electron chi connectivity index (χ3n) is 4.42. The lowest BCUT2D eigenvalue weighted by Crippen LogP contribution is -2.61. The zero-order valence-electron chi connectivity index (χ0n) is 15.8. The van der Waals surface area contributed by atoms with Gasteiger partial charge in [-0.3, -0.25) is 4.90 Å². The largest absolute Gasteiger partial charge is 0.465 e. The molecule has 1 saturated heterocycles. The summed E-state index contributed by atoms with van der Waals surface area (Å²) in [6, 6.07) is 7.95. The van der Waals surface area contributed by atoms with Crippen molar-refractivity contribution in [1.82, 2.24) is 15.1 Å². The van der Waals surface area contributed by atoms with E-state index in [9.17, 15) is 9.59 Å². The van der Waals surface area contributed by atoms with E-state index in [-0.39, 0.29) is 30.1 Å². The SMILES string of the molecule is COC(=O)c1ccc(CN2C[C@@H](C)N(C(=O)NC(C)C)[C@@H](C)C2)cc1. The smallest absolute Gasteiger partial charge is 0.337 e. The van der Waals surface area contributed by atoms with Crippen molar-refractivity contribution in [2.24, 2.45) is 0 Å². The molecule has 1 aliphatic heterocycles. The van der Waals surface area contributed by atoms with E-state index in [1.165, 1.54) is 7.11 Å². The lowest BCUT2D eigenvalue weighted by Gasteiger charge is -2.44. The summed E-state index contributed by atoms with van der Waals surface area (Å²) in [6.45, 7) is 10.6. The normalized spacial score (nSPS) is 21.3. The Labute approximate surface area is 150 Å². The maximum atomic E-state index is 12.4. The van der Waals surface area contributed by atoms with Gasteiger partial charge in [0.15, 0.2) is 0 Å². The number of esters is 1. The quantitative estimate of drug-likeness (QED) is 0.850. The van der Waals surface area contributed by atoms with Crippen molar-refractivity contribution < 1.29 is 14.3 Å². The van der Waals surface area contributed by atoms with E-state index >= 15 is 0 Å². The molecule has 0 saturated carbocycles. The zero-order chi connectivity index (χ0) is 18.6. The van der Waals surface area contributed by atoms with E-state index < -0.39 is 0 Å². The number of nitrogens with zero attached hydrogens (tertiary/aromatic N) is 2. The Morgan fingerprint density at radius 2 is 1.72 bits per heavy atom. The van der Waals surface area contributed by atoms with Gasteiger partial charge in [0.1, 0.15) is 0 Å². The maximum Gasteiger partial charge on any atom is 0.337 e. The summed E-state index contributed by atoms with van der Waals surface area (Å²) >= 11 is 0. The Balaban J connectivity index is 1.97. The maximum absolute atomic E-state index is 12.4. The van der Waals surface area contributed by atoms with Gasteiger partial charge in [-0.1, -0.05) is 12.1 Å². The number of carbonyl (C=O) groups excluding carboxylic acids is 2. The van der Waals surface area contributed by atoms with Crippen molar-refractivity contribution in [3.05, 3.63) is 35.4 Å². The lowest BCUT2D eigenvalue weighted by atomic mass is 10.1. The van der Waals surface area contributed by atoms with Gasteiger partial charge in [-0.05, 0) is 45.4 Å². The van der Waals surface area contributed by atoms with Crippen LogP contribution in [-0.4, -0.2) is 60.1 Å². The number of methoxy groups -OCH3 is 1. The summed E-state index contributed by atoms with van der Waals surface area (Å²) in [7, 11) is 1.38. The number of ether oxygens (including phenoxy) is 1. The first-order chi connectivity index (χ1) is 11.8. The minimum Gasteiger partial charge on any atom is -0.465 e. The number of nitrogens with one attached hydrogen (secondary N) is 1. The Bertz CT molecular complexity index is 588. The topological polar surface area (TPSA) is 61.9 Å². The molecule has 2 atom stereocenters. The highest BCUT2D eigenvalue weighted by Gasteiger charge is 2.32. The van der Waals surface area contributed by atoms with Crippen LogP contribution in [0.25, 0.3) is 0 Å². The first-order valence-electron chi connectivity index (χ1n) is 8.80. The third kappa shape index (κ3) is 4.95. The number of amides is 2. The molecule has 0 radical (unpaired) electrons. The molecule has 2 rings (SSSR count). The monoisotopic (exact) mass is 347 g/mol. The summed E-state index contributed by atoms with van der Waals surface area (Å²) in [4.78, 5) is 28.2. The second-order valence-electron chi connectivity index (χ2n) is 7.09. The third-order valence-corrected chi connectivity index (χ3v) is 4.42. The van der Waals surface area contributed by atoms with Crippen LogP contribution >= 0.6 is 0 Å². The summed E-state index contributed by atoms with van der Waals surface area (Å²) in [6.07, 6.45) is 0. The number of piperazine rings is 1. The second kappa shape index (κ2) is 8.34. The minimum absolute atomic E-state index is 0.0112. The van der Waals surface area contributed by atoms with Crippen LogP contribution in [0.5, 0.6) is 0 Å². The number of rotatable bonds is 4. The van der Waals surface area contributed by atoms with Gasteiger partial charge in [0, 0.05) is 37.8 Å². The minimum atomic E-state index is -0.321. The summed E-state index contributed by atoms with van der Waals surface area (Å²) in [5, 5.41) is 2.98. The molecular weight excluding hydrogens is 318 g/mol. The van der Waals surface area contributed by atoms with E-state index in [0.29, 0.717) is 5.56 Å². The van der Waals surface area contributed by atoms with Crippen LogP contribution in [0.1, 0.15) is 43.6 Å². The van der Waals surface area contributed by atoms with Crippen LogP contribution in [0.15, 0.2) is 24.3 Å². The molecule has 2 amide bonds.